The molecule has 1 aromatic rings. The van der Waals surface area contributed by atoms with Crippen molar-refractivity contribution in [3.8, 4) is 0 Å². The van der Waals surface area contributed by atoms with Gasteiger partial charge in [-0.3, -0.25) is 9.59 Å². The van der Waals surface area contributed by atoms with E-state index in [1.165, 1.54) is 0 Å². The SMILES string of the molecule is CCN(CC)C(=O)[C@@]1(c2ccccc2)C[C@H]1[C@@H](C)OC(=O)CCl. The van der Waals surface area contributed by atoms with Crippen LogP contribution in [0.2, 0.25) is 0 Å². The number of ether oxygens (including phenoxy) is 1. The maximum Gasteiger partial charge on any atom is 0.321 e. The third kappa shape index (κ3) is 3.37. The molecule has 1 aliphatic rings. The molecule has 1 amide bonds. The number of halogens is 1. The van der Waals surface area contributed by atoms with Gasteiger partial charge in [-0.1, -0.05) is 30.3 Å². The minimum absolute atomic E-state index is 0.00910. The maximum atomic E-state index is 13.1. The first kappa shape index (κ1) is 17.8. The van der Waals surface area contributed by atoms with Crippen LogP contribution in [-0.4, -0.2) is 41.8 Å². The third-order valence-electron chi connectivity index (χ3n) is 4.73. The Labute approximate surface area is 142 Å². The van der Waals surface area contributed by atoms with Gasteiger partial charge in [-0.2, -0.15) is 0 Å². The second kappa shape index (κ2) is 7.35. The summed E-state index contributed by atoms with van der Waals surface area (Å²) in [4.78, 5) is 26.4. The van der Waals surface area contributed by atoms with E-state index in [-0.39, 0.29) is 23.8 Å². The molecule has 0 aromatic heterocycles. The highest BCUT2D eigenvalue weighted by Gasteiger charge is 2.64. The van der Waals surface area contributed by atoms with Crippen molar-refractivity contribution in [2.75, 3.05) is 19.0 Å². The van der Waals surface area contributed by atoms with Crippen LogP contribution in [0, 0.1) is 5.92 Å². The molecule has 5 heteroatoms. The van der Waals surface area contributed by atoms with E-state index in [4.69, 9.17) is 16.3 Å². The van der Waals surface area contributed by atoms with E-state index in [9.17, 15) is 9.59 Å². The van der Waals surface area contributed by atoms with Gasteiger partial charge in [-0.15, -0.1) is 11.6 Å². The summed E-state index contributed by atoms with van der Waals surface area (Å²) in [5.41, 5.74) is 0.412. The van der Waals surface area contributed by atoms with Crippen LogP contribution < -0.4 is 0 Å². The Morgan fingerprint density at radius 3 is 2.43 bits per heavy atom. The first-order valence-corrected chi connectivity index (χ1v) is 8.65. The van der Waals surface area contributed by atoms with Gasteiger partial charge >= 0.3 is 5.97 Å². The number of amides is 1. The van der Waals surface area contributed by atoms with E-state index >= 15 is 0 Å². The molecule has 0 unspecified atom stereocenters. The molecule has 1 aromatic carbocycles. The monoisotopic (exact) mass is 337 g/mol. The van der Waals surface area contributed by atoms with Crippen LogP contribution >= 0.6 is 11.6 Å². The minimum Gasteiger partial charge on any atom is -0.461 e. The van der Waals surface area contributed by atoms with E-state index in [1.54, 1.807) is 0 Å². The van der Waals surface area contributed by atoms with Gasteiger partial charge in [0.15, 0.2) is 0 Å². The molecule has 23 heavy (non-hydrogen) atoms. The summed E-state index contributed by atoms with van der Waals surface area (Å²) in [7, 11) is 0. The molecule has 0 saturated heterocycles. The Balaban J connectivity index is 2.29. The number of carbonyl (C=O) groups excluding carboxylic acids is 2. The minimum atomic E-state index is -0.584. The quantitative estimate of drug-likeness (QED) is 0.567. The predicted molar refractivity (Wildman–Crippen MR) is 90.4 cm³/mol. The molecule has 0 heterocycles. The molecule has 0 spiro atoms. The Hall–Kier alpha value is -1.55. The number of alkyl halides is 1. The Kier molecular flexibility index (Phi) is 5.69. The highest BCUT2D eigenvalue weighted by Crippen LogP contribution is 2.57. The summed E-state index contributed by atoms with van der Waals surface area (Å²) >= 11 is 5.52. The molecule has 1 fully saturated rings. The molecule has 2 rings (SSSR count). The van der Waals surface area contributed by atoms with Crippen LogP contribution in [0.4, 0.5) is 0 Å². The van der Waals surface area contributed by atoms with Crippen LogP contribution in [0.3, 0.4) is 0 Å². The Morgan fingerprint density at radius 2 is 1.91 bits per heavy atom. The second-order valence-corrected chi connectivity index (χ2v) is 6.22. The average molecular weight is 338 g/mol. The van der Waals surface area contributed by atoms with Crippen molar-refractivity contribution in [1.29, 1.82) is 0 Å². The summed E-state index contributed by atoms with van der Waals surface area (Å²) in [5, 5.41) is 0. The third-order valence-corrected chi connectivity index (χ3v) is 4.95. The van der Waals surface area contributed by atoms with Gasteiger partial charge in [-0.05, 0) is 32.8 Å². The van der Waals surface area contributed by atoms with Crippen LogP contribution in [0.25, 0.3) is 0 Å². The molecule has 0 bridgehead atoms. The standard InChI is InChI=1S/C18H24ClNO3/c1-4-20(5-2)17(22)18(14-9-7-6-8-10-14)11-15(18)13(3)23-16(21)12-19/h6-10,13,15H,4-5,11-12H2,1-3H3/t13-,15+,18-/m1/s1. The van der Waals surface area contributed by atoms with Gasteiger partial charge < -0.3 is 9.64 Å². The van der Waals surface area contributed by atoms with E-state index in [1.807, 2.05) is 56.0 Å². The molecule has 0 N–H and O–H groups in total. The Morgan fingerprint density at radius 1 is 1.30 bits per heavy atom. The number of rotatable bonds is 7. The lowest BCUT2D eigenvalue weighted by Gasteiger charge is -2.27. The lowest BCUT2D eigenvalue weighted by Crippen LogP contribution is -2.41. The van der Waals surface area contributed by atoms with E-state index in [0.29, 0.717) is 19.5 Å². The molecular weight excluding hydrogens is 314 g/mol. The molecule has 0 radical (unpaired) electrons. The number of benzene rings is 1. The summed E-state index contributed by atoms with van der Waals surface area (Å²) in [6.07, 6.45) is 0.365. The van der Waals surface area contributed by atoms with Crippen LogP contribution in [0.1, 0.15) is 32.8 Å². The lowest BCUT2D eigenvalue weighted by atomic mass is 9.90. The van der Waals surface area contributed by atoms with Crippen LogP contribution in [0.5, 0.6) is 0 Å². The van der Waals surface area contributed by atoms with Crippen molar-refractivity contribution in [3.05, 3.63) is 35.9 Å². The zero-order valence-electron chi connectivity index (χ0n) is 13.9. The smallest absolute Gasteiger partial charge is 0.321 e. The highest BCUT2D eigenvalue weighted by atomic mass is 35.5. The number of carbonyl (C=O) groups is 2. The van der Waals surface area contributed by atoms with E-state index in [0.717, 1.165) is 5.56 Å². The number of likely N-dealkylation sites (N-methyl/N-ethyl adjacent to an activating group) is 1. The first-order chi connectivity index (χ1) is 11.0. The van der Waals surface area contributed by atoms with Crippen molar-refractivity contribution in [3.63, 3.8) is 0 Å². The zero-order valence-corrected chi connectivity index (χ0v) is 14.7. The average Bonchev–Trinajstić information content (AvgIpc) is 3.33. The van der Waals surface area contributed by atoms with Crippen molar-refractivity contribution in [2.45, 2.75) is 38.7 Å². The predicted octanol–water partition coefficient (Wildman–Crippen LogP) is 2.98. The topological polar surface area (TPSA) is 46.6 Å². The van der Waals surface area contributed by atoms with Crippen molar-refractivity contribution < 1.29 is 14.3 Å². The summed E-state index contributed by atoms with van der Waals surface area (Å²) < 4.78 is 5.36. The first-order valence-electron chi connectivity index (χ1n) is 8.11. The number of hydrogen-bond donors (Lipinski definition) is 0. The fourth-order valence-corrected chi connectivity index (χ4v) is 3.47. The summed E-state index contributed by atoms with van der Waals surface area (Å²) in [5.74, 6) is -0.500. The largest absolute Gasteiger partial charge is 0.461 e. The molecule has 1 aliphatic carbocycles. The molecule has 1 saturated carbocycles. The van der Waals surface area contributed by atoms with Crippen molar-refractivity contribution >= 4 is 23.5 Å². The number of nitrogens with zero attached hydrogens (tertiary/aromatic N) is 1. The number of hydrogen-bond acceptors (Lipinski definition) is 3. The summed E-state index contributed by atoms with van der Waals surface area (Å²) in [6, 6.07) is 9.79. The molecule has 0 aliphatic heterocycles. The Bertz CT molecular complexity index is 559. The van der Waals surface area contributed by atoms with Gasteiger partial charge in [0, 0.05) is 19.0 Å². The van der Waals surface area contributed by atoms with Crippen LogP contribution in [-0.2, 0) is 19.7 Å². The van der Waals surface area contributed by atoms with E-state index < -0.39 is 11.4 Å². The van der Waals surface area contributed by atoms with Gasteiger partial charge in [0.25, 0.3) is 0 Å². The fraction of sp³-hybridized carbons (Fsp3) is 0.556. The number of esters is 1. The maximum absolute atomic E-state index is 13.1. The molecule has 4 nitrogen and oxygen atoms in total. The van der Waals surface area contributed by atoms with Gasteiger partial charge in [0.05, 0.1) is 5.41 Å². The fourth-order valence-electron chi connectivity index (χ4n) is 3.41. The molecule has 3 atom stereocenters. The van der Waals surface area contributed by atoms with Crippen LogP contribution in [0.15, 0.2) is 30.3 Å². The lowest BCUT2D eigenvalue weighted by molar-refractivity contribution is -0.147. The summed E-state index contributed by atoms with van der Waals surface area (Å²) in [6.45, 7) is 7.15. The zero-order chi connectivity index (χ0) is 17.0. The van der Waals surface area contributed by atoms with Gasteiger partial charge in [-0.25, -0.2) is 0 Å². The molecular formula is C18H24ClNO3. The van der Waals surface area contributed by atoms with Gasteiger partial charge in [0.2, 0.25) is 5.91 Å². The normalized spacial score (nSPS) is 23.9. The molecule has 126 valence electrons. The second-order valence-electron chi connectivity index (χ2n) is 5.95. The van der Waals surface area contributed by atoms with Crippen molar-refractivity contribution in [1.82, 2.24) is 4.90 Å². The van der Waals surface area contributed by atoms with Gasteiger partial charge in [0.1, 0.15) is 12.0 Å². The highest BCUT2D eigenvalue weighted by molar-refractivity contribution is 6.26. The van der Waals surface area contributed by atoms with E-state index in [2.05, 4.69) is 0 Å². The van der Waals surface area contributed by atoms with Crippen molar-refractivity contribution in [2.24, 2.45) is 5.92 Å².